The molecule has 4 bridgehead atoms. The molecule has 5 heterocycles. The first kappa shape index (κ1) is 56.2. The lowest BCUT2D eigenvalue weighted by molar-refractivity contribution is -0.201. The Morgan fingerprint density at radius 1 is 1.01 bits per heavy atom. The number of amides is 7. The number of fused-ring (bicyclic) bond motifs is 5. The van der Waals surface area contributed by atoms with Crippen LogP contribution in [0.3, 0.4) is 0 Å². The van der Waals surface area contributed by atoms with Crippen LogP contribution >= 0.6 is 23.4 Å². The van der Waals surface area contributed by atoms with E-state index in [4.69, 9.17) is 40.1 Å². The monoisotopic (exact) mass is 1070 g/mol. The maximum atomic E-state index is 14.4. The zero-order valence-electron chi connectivity index (χ0n) is 42.9. The number of anilines is 1. The largest absolute Gasteiger partial charge is 0.495 e. The van der Waals surface area contributed by atoms with Crippen molar-refractivity contribution in [3.63, 3.8) is 0 Å². The van der Waals surface area contributed by atoms with Crippen molar-refractivity contribution in [2.24, 2.45) is 17.8 Å². The third kappa shape index (κ3) is 12.2. The normalized spacial score (nSPS) is 32.2. The van der Waals surface area contributed by atoms with Gasteiger partial charge in [-0.2, -0.15) is 0 Å². The Labute approximate surface area is 438 Å². The molecule has 1 saturated carbocycles. The van der Waals surface area contributed by atoms with E-state index in [-0.39, 0.29) is 67.2 Å². The molecule has 4 saturated heterocycles. The summed E-state index contributed by atoms with van der Waals surface area (Å²) in [5, 5.41) is 14.4. The smallest absolute Gasteiger partial charge is 0.409 e. The summed E-state index contributed by atoms with van der Waals surface area (Å²) < 4.78 is 29.4. The van der Waals surface area contributed by atoms with Crippen molar-refractivity contribution in [1.82, 2.24) is 20.2 Å². The zero-order chi connectivity index (χ0) is 54.0. The van der Waals surface area contributed by atoms with Gasteiger partial charge in [0.1, 0.15) is 40.7 Å². The van der Waals surface area contributed by atoms with Crippen molar-refractivity contribution in [1.29, 1.82) is 0 Å². The summed E-state index contributed by atoms with van der Waals surface area (Å²) in [5.41, 5.74) is -1.23. The van der Waals surface area contributed by atoms with Gasteiger partial charge in [-0.3, -0.25) is 39.0 Å². The second kappa shape index (κ2) is 23.1. The molecule has 0 spiro atoms. The summed E-state index contributed by atoms with van der Waals surface area (Å²) in [6.45, 7) is 6.99. The molecule has 0 unspecified atom stereocenters. The van der Waals surface area contributed by atoms with Gasteiger partial charge < -0.3 is 43.4 Å². The molecule has 5 aliphatic heterocycles. The summed E-state index contributed by atoms with van der Waals surface area (Å²) in [4.78, 5) is 127. The number of likely N-dealkylation sites (N-methyl/N-ethyl adjacent to an activating group) is 1. The number of hydrogen-bond donors (Lipinski definition) is 2. The number of carbonyl (C=O) groups excluding carboxylic acids is 9. The topological polar surface area (TPSA) is 258 Å². The van der Waals surface area contributed by atoms with E-state index in [0.717, 1.165) is 11.1 Å². The predicted octanol–water partition coefficient (Wildman–Crippen LogP) is 4.18. The van der Waals surface area contributed by atoms with Crippen LogP contribution in [-0.2, 0) is 68.6 Å². The molecule has 1 aliphatic carbocycles. The Morgan fingerprint density at radius 2 is 1.70 bits per heavy atom. The number of epoxide rings is 1. The highest BCUT2D eigenvalue weighted by Crippen LogP contribution is 2.49. The number of hydrogen-bond acceptors (Lipinski definition) is 17. The lowest BCUT2D eigenvalue weighted by Gasteiger charge is -2.42. The van der Waals surface area contributed by atoms with E-state index in [9.17, 15) is 48.3 Å². The fourth-order valence-corrected chi connectivity index (χ4v) is 11.7. The summed E-state index contributed by atoms with van der Waals surface area (Å²) in [7, 11) is 5.84. The first-order chi connectivity index (χ1) is 35.0. The van der Waals surface area contributed by atoms with Crippen molar-refractivity contribution in [3.05, 3.63) is 46.5 Å². The van der Waals surface area contributed by atoms with Crippen LogP contribution in [0.1, 0.15) is 97.5 Å². The summed E-state index contributed by atoms with van der Waals surface area (Å²) >= 11 is 7.98. The maximum Gasteiger partial charge on any atom is 0.409 e. The van der Waals surface area contributed by atoms with Crippen LogP contribution < -0.4 is 15.0 Å². The van der Waals surface area contributed by atoms with Crippen LogP contribution in [0.15, 0.2) is 35.9 Å². The van der Waals surface area contributed by atoms with Crippen molar-refractivity contribution in [2.45, 2.75) is 145 Å². The third-order valence-electron chi connectivity index (χ3n) is 15.2. The number of nitrogens with one attached hydrogen (secondary N) is 1. The Balaban J connectivity index is 0.986. The lowest BCUT2D eigenvalue weighted by Crippen LogP contribution is -2.63. The first-order valence-corrected chi connectivity index (χ1v) is 26.3. The zero-order valence-corrected chi connectivity index (χ0v) is 44.5. The van der Waals surface area contributed by atoms with Gasteiger partial charge in [0.25, 0.3) is 11.8 Å². The minimum Gasteiger partial charge on any atom is -0.495 e. The molecule has 7 rings (SSSR count). The molecular weight excluding hydrogens is 1010 g/mol. The van der Waals surface area contributed by atoms with Gasteiger partial charge >= 0.3 is 18.0 Å². The molecule has 1 aromatic rings. The van der Waals surface area contributed by atoms with Crippen LogP contribution in [-0.4, -0.2) is 161 Å². The van der Waals surface area contributed by atoms with E-state index < -0.39 is 107 Å². The lowest BCUT2D eigenvalue weighted by atomic mass is 9.82. The summed E-state index contributed by atoms with van der Waals surface area (Å²) in [6, 6.07) is 2.36. The van der Waals surface area contributed by atoms with Crippen molar-refractivity contribution >= 4 is 82.5 Å². The van der Waals surface area contributed by atoms with Gasteiger partial charge in [-0.15, -0.1) is 16.8 Å². The fourth-order valence-electron chi connectivity index (χ4n) is 10.3. The van der Waals surface area contributed by atoms with E-state index in [1.807, 2.05) is 13.0 Å². The van der Waals surface area contributed by atoms with Crippen molar-refractivity contribution < 1.29 is 76.8 Å². The number of aliphatic hydroxyl groups is 1. The van der Waals surface area contributed by atoms with Gasteiger partial charge in [0.2, 0.25) is 23.6 Å². The number of carbonyl (C=O) groups is 9. The fraction of sp³-hybridized carbons (Fsp3) is 0.627. The molecule has 404 valence electrons. The quantitative estimate of drug-likeness (QED) is 0.160. The van der Waals surface area contributed by atoms with Gasteiger partial charge in [-0.1, -0.05) is 42.3 Å². The Bertz CT molecular complexity index is 2470. The molecule has 21 nitrogen and oxygen atoms in total. The number of thioether (sulfide) groups is 1. The number of rotatable bonds is 13. The highest BCUT2D eigenvalue weighted by atomic mass is 35.5. The van der Waals surface area contributed by atoms with Gasteiger partial charge in [-0.25, -0.2) is 14.4 Å². The molecule has 0 radical (unpaired) electrons. The number of allylic oxidation sites excluding steroid dienone is 3. The SMILES string of the molecule is COc1cc2cc(c1Cl)N(C)C(=O)C[C@H](OC(=O)[C@H](C)N(C)C(=O)CCS[C@@H]1CC(=O)N(C[C@H]3CC[C@H](C(=O)ON4C(=O)CCC4=O)CC3)C1=O)[C@]1(C)O[C@H]1[C@H](C)[C@@H]1C[C@@](O)(NC(=O)O1)[C@H](OC)/C=C/C=C(\C)C2. The van der Waals surface area contributed by atoms with E-state index in [1.54, 1.807) is 38.1 Å². The average Bonchev–Trinajstić information content (AvgIpc) is 3.87. The van der Waals surface area contributed by atoms with E-state index >= 15 is 0 Å². The molecule has 74 heavy (non-hydrogen) atoms. The van der Waals surface area contributed by atoms with E-state index in [0.29, 0.717) is 48.6 Å². The standard InChI is InChI=1S/C51H66ClN5O16S/c1-27-10-9-11-37(69-8)51(67)25-35(70-49(66)53-51)28(2)45-50(4,72-45)38(24-42(61)55(6)33-21-31(20-27)22-34(68-7)44(33)52)71-47(64)29(3)54(5)39(58)18-19-74-36-23-43(62)56(46(36)63)26-30-12-14-32(15-13-30)48(65)73-57-40(59)16-17-41(57)60/h9-11,21-22,28-30,32,35-38,45,67H,12-20,23-26H2,1-8H3,(H,53,66)/b11-9+,27-10+/t28-,29+,30-,32-,35+,36-,37-,38+,45+,50+,51+/m1/s1. The first-order valence-electron chi connectivity index (χ1n) is 24.9. The summed E-state index contributed by atoms with van der Waals surface area (Å²) in [5.74, 6) is -4.93. The number of hydroxylamine groups is 2. The maximum absolute atomic E-state index is 14.4. The number of halogens is 1. The number of imide groups is 2. The molecule has 23 heteroatoms. The second-order valence-electron chi connectivity index (χ2n) is 20.3. The van der Waals surface area contributed by atoms with Crippen LogP contribution in [0.2, 0.25) is 5.02 Å². The molecule has 2 N–H and O–H groups in total. The molecule has 9 atom stereocenters. The molecule has 0 aromatic heterocycles. The van der Waals surface area contributed by atoms with Crippen LogP contribution in [0.25, 0.3) is 0 Å². The Kier molecular flexibility index (Phi) is 17.6. The number of methoxy groups -OCH3 is 2. The molecule has 6 aliphatic rings. The van der Waals surface area contributed by atoms with Crippen molar-refractivity contribution in [2.75, 3.05) is 45.5 Å². The van der Waals surface area contributed by atoms with Gasteiger partial charge in [0.15, 0.2) is 5.72 Å². The minimum absolute atomic E-state index is 0.00240. The number of ether oxygens (including phenoxy) is 5. The third-order valence-corrected chi connectivity index (χ3v) is 16.8. The number of benzene rings is 1. The number of likely N-dealkylation sites (tertiary alicyclic amines) is 1. The van der Waals surface area contributed by atoms with E-state index in [1.165, 1.54) is 61.7 Å². The molecular formula is C51H66ClN5O16S. The van der Waals surface area contributed by atoms with Crippen LogP contribution in [0.5, 0.6) is 5.75 Å². The number of alkyl carbamates (subject to hydrolysis) is 1. The minimum atomic E-state index is -1.89. The van der Waals surface area contributed by atoms with Crippen LogP contribution in [0, 0.1) is 17.8 Å². The molecule has 7 amide bonds. The highest BCUT2D eigenvalue weighted by Gasteiger charge is 2.64. The highest BCUT2D eigenvalue weighted by molar-refractivity contribution is 8.00. The van der Waals surface area contributed by atoms with Crippen LogP contribution in [0.4, 0.5) is 10.5 Å². The van der Waals surface area contributed by atoms with E-state index in [2.05, 4.69) is 5.32 Å². The number of nitrogens with zero attached hydrogens (tertiary/aromatic N) is 4. The average molecular weight is 1070 g/mol. The summed E-state index contributed by atoms with van der Waals surface area (Å²) in [6.07, 6.45) is 2.04. The number of esters is 1. The second-order valence-corrected chi connectivity index (χ2v) is 22.0. The van der Waals surface area contributed by atoms with Gasteiger partial charge in [0, 0.05) is 71.5 Å². The Hall–Kier alpha value is -5.55. The Morgan fingerprint density at radius 3 is 2.36 bits per heavy atom. The molecule has 5 fully saturated rings. The van der Waals surface area contributed by atoms with Gasteiger partial charge in [0.05, 0.1) is 36.5 Å². The van der Waals surface area contributed by atoms with Gasteiger partial charge in [-0.05, 0) is 76.5 Å². The van der Waals surface area contributed by atoms with Crippen molar-refractivity contribution in [3.8, 4) is 5.75 Å². The predicted molar refractivity (Wildman–Crippen MR) is 266 cm³/mol. The molecule has 1 aromatic carbocycles.